The molecule has 0 saturated heterocycles. The van der Waals surface area contributed by atoms with Crippen LogP contribution in [0.15, 0.2) is 67.4 Å². The van der Waals surface area contributed by atoms with Gasteiger partial charge in [-0.2, -0.15) is 0 Å². The molecule has 0 fully saturated rings. The molecule has 2 aromatic carbocycles. The molecule has 0 saturated carbocycles. The van der Waals surface area contributed by atoms with Gasteiger partial charge in [0.15, 0.2) is 8.24 Å². The number of para-hydroxylation sites is 1. The normalized spacial score (nSPS) is 13.0. The highest BCUT2D eigenvalue weighted by atomic mass is 28.3. The molecule has 1 unspecified atom stereocenters. The highest BCUT2D eigenvalue weighted by Gasteiger charge is 2.23. The first-order valence-corrected chi connectivity index (χ1v) is 11.8. The maximum Gasteiger partial charge on any atom is 0.152 e. The molecule has 0 amide bonds. The minimum Gasteiger partial charge on any atom is -0.497 e. The van der Waals surface area contributed by atoms with Crippen LogP contribution in [0.5, 0.6) is 5.75 Å². The Bertz CT molecular complexity index is 856. The molecule has 124 valence electrons. The fraction of sp³-hybridized carbons (Fsp3) is 0.238. The molecule has 0 aliphatic heterocycles. The standard InChI is InChI=1S/C21H25NOSi/c1-6-18(16-11-13-17(23-2)14-12-16)20-15-22(24(3,4)5)21-10-8-7-9-19(20)21/h6-15,18H,1H2,2-5H3. The lowest BCUT2D eigenvalue weighted by Gasteiger charge is -2.20. The van der Waals surface area contributed by atoms with Gasteiger partial charge in [0.1, 0.15) is 5.75 Å². The maximum atomic E-state index is 5.28. The Hall–Kier alpha value is -2.26. The summed E-state index contributed by atoms with van der Waals surface area (Å²) in [5.74, 6) is 1.06. The van der Waals surface area contributed by atoms with Crippen molar-refractivity contribution in [2.24, 2.45) is 0 Å². The van der Waals surface area contributed by atoms with Gasteiger partial charge in [-0.3, -0.25) is 0 Å². The van der Waals surface area contributed by atoms with Crippen molar-refractivity contribution in [1.82, 2.24) is 4.23 Å². The third kappa shape index (κ3) is 2.92. The van der Waals surface area contributed by atoms with Crippen LogP contribution in [-0.4, -0.2) is 19.6 Å². The second-order valence-electron chi connectivity index (χ2n) is 7.13. The van der Waals surface area contributed by atoms with Crippen molar-refractivity contribution in [1.29, 1.82) is 0 Å². The van der Waals surface area contributed by atoms with E-state index in [1.165, 1.54) is 22.0 Å². The number of fused-ring (bicyclic) bond motifs is 1. The summed E-state index contributed by atoms with van der Waals surface area (Å²) in [4.78, 5) is 0. The van der Waals surface area contributed by atoms with E-state index in [-0.39, 0.29) is 5.92 Å². The van der Waals surface area contributed by atoms with Crippen molar-refractivity contribution in [3.05, 3.63) is 78.5 Å². The highest BCUT2D eigenvalue weighted by Crippen LogP contribution is 2.35. The largest absolute Gasteiger partial charge is 0.497 e. The van der Waals surface area contributed by atoms with Crippen molar-refractivity contribution in [3.8, 4) is 5.75 Å². The fourth-order valence-corrected chi connectivity index (χ4v) is 4.71. The van der Waals surface area contributed by atoms with Crippen molar-refractivity contribution in [2.75, 3.05) is 7.11 Å². The first kappa shape index (κ1) is 16.6. The van der Waals surface area contributed by atoms with Crippen LogP contribution in [0.1, 0.15) is 17.0 Å². The van der Waals surface area contributed by atoms with Crippen molar-refractivity contribution >= 4 is 19.1 Å². The van der Waals surface area contributed by atoms with Gasteiger partial charge >= 0.3 is 0 Å². The van der Waals surface area contributed by atoms with Gasteiger partial charge in [-0.05, 0) is 29.3 Å². The molecule has 0 radical (unpaired) electrons. The molecule has 2 nitrogen and oxygen atoms in total. The van der Waals surface area contributed by atoms with Gasteiger partial charge < -0.3 is 8.97 Å². The summed E-state index contributed by atoms with van der Waals surface area (Å²) in [6, 6.07) is 17.0. The number of ether oxygens (including phenoxy) is 1. The molecule has 1 atom stereocenters. The van der Waals surface area contributed by atoms with Gasteiger partial charge in [0.25, 0.3) is 0 Å². The molecule has 3 rings (SSSR count). The summed E-state index contributed by atoms with van der Waals surface area (Å²) in [6.45, 7) is 11.2. The number of benzene rings is 2. The van der Waals surface area contributed by atoms with Crippen LogP contribution in [0.25, 0.3) is 10.9 Å². The van der Waals surface area contributed by atoms with E-state index >= 15 is 0 Å². The Labute approximate surface area is 145 Å². The van der Waals surface area contributed by atoms with E-state index in [9.17, 15) is 0 Å². The second-order valence-corrected chi connectivity index (χ2v) is 12.0. The van der Waals surface area contributed by atoms with E-state index in [0.717, 1.165) is 5.75 Å². The molecule has 0 N–H and O–H groups in total. The van der Waals surface area contributed by atoms with E-state index in [2.05, 4.69) is 73.0 Å². The van der Waals surface area contributed by atoms with Crippen molar-refractivity contribution < 1.29 is 4.74 Å². The highest BCUT2D eigenvalue weighted by molar-refractivity contribution is 6.75. The molecule has 3 aromatic rings. The summed E-state index contributed by atoms with van der Waals surface area (Å²) in [5.41, 5.74) is 3.89. The lowest BCUT2D eigenvalue weighted by molar-refractivity contribution is 0.414. The van der Waals surface area contributed by atoms with Crippen LogP contribution >= 0.6 is 0 Å². The molecule has 0 spiro atoms. The Morgan fingerprint density at radius 2 is 1.71 bits per heavy atom. The first-order valence-electron chi connectivity index (χ1n) is 8.32. The van der Waals surface area contributed by atoms with Gasteiger partial charge in [0.2, 0.25) is 0 Å². The molecule has 24 heavy (non-hydrogen) atoms. The number of hydrogen-bond acceptors (Lipinski definition) is 1. The SMILES string of the molecule is C=CC(c1ccc(OC)cc1)c1cn([Si](C)(C)C)c2ccccc12. The molecule has 1 aromatic heterocycles. The average Bonchev–Trinajstić information content (AvgIpc) is 2.96. The molecule has 3 heteroatoms. The van der Waals surface area contributed by atoms with Crippen LogP contribution in [0.4, 0.5) is 0 Å². The molecule has 1 heterocycles. The predicted octanol–water partition coefficient (Wildman–Crippen LogP) is 5.65. The van der Waals surface area contributed by atoms with E-state index in [0.29, 0.717) is 0 Å². The molecule has 0 aliphatic carbocycles. The van der Waals surface area contributed by atoms with Gasteiger partial charge in [0, 0.05) is 23.0 Å². The second kappa shape index (κ2) is 6.33. The first-order chi connectivity index (χ1) is 11.5. The number of aromatic nitrogens is 1. The van der Waals surface area contributed by atoms with Crippen molar-refractivity contribution in [2.45, 2.75) is 25.6 Å². The quantitative estimate of drug-likeness (QED) is 0.434. The number of allylic oxidation sites excluding steroid dienone is 1. The lowest BCUT2D eigenvalue weighted by Crippen LogP contribution is -2.31. The number of nitrogens with zero attached hydrogens (tertiary/aromatic N) is 1. The number of rotatable bonds is 5. The third-order valence-corrected chi connectivity index (χ3v) is 6.33. The summed E-state index contributed by atoms with van der Waals surface area (Å²) < 4.78 is 7.78. The van der Waals surface area contributed by atoms with Gasteiger partial charge in [-0.15, -0.1) is 6.58 Å². The maximum absolute atomic E-state index is 5.28. The lowest BCUT2D eigenvalue weighted by atomic mass is 9.91. The predicted molar refractivity (Wildman–Crippen MR) is 106 cm³/mol. The minimum atomic E-state index is -1.49. The van der Waals surface area contributed by atoms with Gasteiger partial charge in [-0.25, -0.2) is 0 Å². The summed E-state index contributed by atoms with van der Waals surface area (Å²) >= 11 is 0. The van der Waals surface area contributed by atoms with Gasteiger partial charge in [-0.1, -0.05) is 56.0 Å². The smallest absolute Gasteiger partial charge is 0.152 e. The summed E-state index contributed by atoms with van der Waals surface area (Å²) in [5, 5.41) is 1.32. The Kier molecular flexibility index (Phi) is 4.37. The van der Waals surface area contributed by atoms with E-state index in [1.54, 1.807) is 7.11 Å². The monoisotopic (exact) mass is 335 g/mol. The van der Waals surface area contributed by atoms with Crippen LogP contribution in [0.2, 0.25) is 19.6 Å². The van der Waals surface area contributed by atoms with Crippen molar-refractivity contribution in [3.63, 3.8) is 0 Å². The van der Waals surface area contributed by atoms with Gasteiger partial charge in [0.05, 0.1) is 7.11 Å². The molecule has 0 aliphatic rings. The van der Waals surface area contributed by atoms with E-state index in [1.807, 2.05) is 18.2 Å². The summed E-state index contributed by atoms with van der Waals surface area (Å²) in [7, 11) is 0.207. The number of hydrogen-bond donors (Lipinski definition) is 0. The molecule has 0 bridgehead atoms. The molecular weight excluding hydrogens is 310 g/mol. The van der Waals surface area contributed by atoms with Crippen LogP contribution < -0.4 is 4.74 Å². The van der Waals surface area contributed by atoms with E-state index < -0.39 is 8.24 Å². The fourth-order valence-electron chi connectivity index (χ4n) is 3.26. The molecular formula is C21H25NOSi. The zero-order valence-electron chi connectivity index (χ0n) is 14.9. The Balaban J connectivity index is 2.17. The topological polar surface area (TPSA) is 14.2 Å². The zero-order chi connectivity index (χ0) is 17.3. The average molecular weight is 336 g/mol. The minimum absolute atomic E-state index is 0.179. The van der Waals surface area contributed by atoms with Crippen LogP contribution in [-0.2, 0) is 0 Å². The zero-order valence-corrected chi connectivity index (χ0v) is 15.9. The van der Waals surface area contributed by atoms with E-state index in [4.69, 9.17) is 4.74 Å². The number of methoxy groups -OCH3 is 1. The summed E-state index contributed by atoms with van der Waals surface area (Å²) in [6.07, 6.45) is 4.38. The Morgan fingerprint density at radius 1 is 1.04 bits per heavy atom. The third-order valence-electron chi connectivity index (χ3n) is 4.51. The van der Waals surface area contributed by atoms with Crippen LogP contribution in [0, 0.1) is 0 Å². The Morgan fingerprint density at radius 3 is 2.29 bits per heavy atom. The van der Waals surface area contributed by atoms with Crippen LogP contribution in [0.3, 0.4) is 0 Å².